The molecule has 4 rings (SSSR count). The molecule has 2 aliphatic rings. The van der Waals surface area contributed by atoms with Gasteiger partial charge in [-0.3, -0.25) is 9.59 Å². The highest BCUT2D eigenvalue weighted by Crippen LogP contribution is 2.26. The Labute approximate surface area is 163 Å². The maximum absolute atomic E-state index is 11.2. The van der Waals surface area contributed by atoms with E-state index < -0.39 is 0 Å². The number of ether oxygens (including phenoxy) is 2. The summed E-state index contributed by atoms with van der Waals surface area (Å²) in [4.78, 5) is 22.4. The minimum Gasteiger partial charge on any atom is -0.497 e. The molecule has 0 N–H and O–H groups in total. The smallest absolute Gasteiger partial charge is 0.163 e. The molecule has 148 valence electrons. The van der Waals surface area contributed by atoms with Crippen molar-refractivity contribution in [1.82, 2.24) is 0 Å². The first-order chi connectivity index (χ1) is 11.6. The SMILES string of the molecule is C.C.C.COc1ccc2c(c1)CCC2=O.COc1ccc2c(c1)CCC2=O. The second kappa shape index (κ2) is 10.5. The van der Waals surface area contributed by atoms with Crippen LogP contribution in [0.2, 0.25) is 0 Å². The Balaban J connectivity index is 0.000000451. The number of carbonyl (C=O) groups is 2. The molecule has 0 atom stereocenters. The van der Waals surface area contributed by atoms with Gasteiger partial charge >= 0.3 is 0 Å². The number of Topliss-reactive ketones (excluding diaryl/α,β-unsaturated/α-hetero) is 2. The van der Waals surface area contributed by atoms with Crippen LogP contribution in [0.15, 0.2) is 36.4 Å². The average Bonchev–Trinajstić information content (AvgIpc) is 3.18. The second-order valence-electron chi connectivity index (χ2n) is 5.89. The molecule has 4 heteroatoms. The molecule has 0 unspecified atom stereocenters. The van der Waals surface area contributed by atoms with Gasteiger partial charge in [0.15, 0.2) is 11.6 Å². The number of ketones is 2. The van der Waals surface area contributed by atoms with Crippen molar-refractivity contribution >= 4 is 11.6 Å². The van der Waals surface area contributed by atoms with Gasteiger partial charge in [-0.15, -0.1) is 0 Å². The van der Waals surface area contributed by atoms with Crippen LogP contribution >= 0.6 is 0 Å². The molecular weight excluding hydrogens is 340 g/mol. The van der Waals surface area contributed by atoms with Crippen molar-refractivity contribution in [3.8, 4) is 11.5 Å². The Hall–Kier alpha value is -2.62. The van der Waals surface area contributed by atoms with E-state index in [-0.39, 0.29) is 33.8 Å². The van der Waals surface area contributed by atoms with Crippen LogP contribution in [0.3, 0.4) is 0 Å². The molecule has 27 heavy (non-hydrogen) atoms. The third-order valence-corrected chi connectivity index (χ3v) is 4.47. The fourth-order valence-electron chi connectivity index (χ4n) is 3.12. The minimum atomic E-state index is 0. The summed E-state index contributed by atoms with van der Waals surface area (Å²) in [5, 5.41) is 0. The topological polar surface area (TPSA) is 52.6 Å². The van der Waals surface area contributed by atoms with Crippen LogP contribution in [0, 0.1) is 0 Å². The van der Waals surface area contributed by atoms with E-state index in [1.165, 1.54) is 0 Å². The van der Waals surface area contributed by atoms with E-state index >= 15 is 0 Å². The molecule has 0 aromatic heterocycles. The van der Waals surface area contributed by atoms with Crippen molar-refractivity contribution in [3.63, 3.8) is 0 Å². The van der Waals surface area contributed by atoms with Crippen molar-refractivity contribution in [2.75, 3.05) is 14.2 Å². The predicted molar refractivity (Wildman–Crippen MR) is 111 cm³/mol. The molecule has 0 heterocycles. The normalized spacial score (nSPS) is 13.0. The van der Waals surface area contributed by atoms with Crippen molar-refractivity contribution in [2.45, 2.75) is 48.0 Å². The Morgan fingerprint density at radius 3 is 1.33 bits per heavy atom. The van der Waals surface area contributed by atoms with Crippen molar-refractivity contribution in [1.29, 1.82) is 0 Å². The summed E-state index contributed by atoms with van der Waals surface area (Å²) < 4.78 is 10.1. The van der Waals surface area contributed by atoms with Gasteiger partial charge in [-0.25, -0.2) is 0 Å². The van der Waals surface area contributed by atoms with Crippen molar-refractivity contribution in [3.05, 3.63) is 58.7 Å². The maximum Gasteiger partial charge on any atom is 0.163 e. The van der Waals surface area contributed by atoms with E-state index in [2.05, 4.69) is 0 Å². The molecule has 0 aliphatic heterocycles. The van der Waals surface area contributed by atoms with E-state index in [0.29, 0.717) is 12.8 Å². The molecule has 2 aliphatic carbocycles. The minimum absolute atomic E-state index is 0. The monoisotopic (exact) mass is 372 g/mol. The third-order valence-electron chi connectivity index (χ3n) is 4.47. The third kappa shape index (κ3) is 5.19. The number of aryl methyl sites for hydroxylation is 2. The fourth-order valence-corrected chi connectivity index (χ4v) is 3.12. The van der Waals surface area contributed by atoms with Crippen LogP contribution in [-0.4, -0.2) is 25.8 Å². The molecule has 0 radical (unpaired) electrons. The quantitative estimate of drug-likeness (QED) is 0.693. The average molecular weight is 373 g/mol. The summed E-state index contributed by atoms with van der Waals surface area (Å²) in [6.45, 7) is 0. The first kappa shape index (κ1) is 24.4. The predicted octanol–water partition coefficient (Wildman–Crippen LogP) is 5.56. The molecular formula is C23H32O4. The summed E-state index contributed by atoms with van der Waals surface area (Å²) >= 11 is 0. The molecule has 4 nitrogen and oxygen atoms in total. The molecule has 0 spiro atoms. The second-order valence-corrected chi connectivity index (χ2v) is 5.89. The van der Waals surface area contributed by atoms with Gasteiger partial charge in [-0.05, 0) is 60.4 Å². The molecule has 0 saturated heterocycles. The zero-order valence-electron chi connectivity index (χ0n) is 13.9. The fraction of sp³-hybridized carbons (Fsp3) is 0.391. The number of fused-ring (bicyclic) bond motifs is 2. The van der Waals surface area contributed by atoms with Gasteiger partial charge in [0.1, 0.15) is 11.5 Å². The Bertz CT molecular complexity index is 725. The van der Waals surface area contributed by atoms with E-state index in [4.69, 9.17) is 9.47 Å². The Kier molecular flexibility index (Phi) is 9.49. The lowest BCUT2D eigenvalue weighted by molar-refractivity contribution is 0.0986. The van der Waals surface area contributed by atoms with Gasteiger partial charge in [-0.1, -0.05) is 22.3 Å². The molecule has 0 saturated carbocycles. The lowest BCUT2D eigenvalue weighted by Gasteiger charge is -2.01. The number of benzene rings is 2. The maximum atomic E-state index is 11.2. The summed E-state index contributed by atoms with van der Waals surface area (Å²) in [6.07, 6.45) is 3.04. The van der Waals surface area contributed by atoms with Gasteiger partial charge in [0.25, 0.3) is 0 Å². The van der Waals surface area contributed by atoms with E-state index in [1.807, 2.05) is 36.4 Å². The zero-order chi connectivity index (χ0) is 17.1. The first-order valence-electron chi connectivity index (χ1n) is 8.02. The van der Waals surface area contributed by atoms with Gasteiger partial charge in [-0.2, -0.15) is 0 Å². The molecule has 0 bridgehead atoms. The van der Waals surface area contributed by atoms with Crippen LogP contribution < -0.4 is 9.47 Å². The first-order valence-corrected chi connectivity index (χ1v) is 8.02. The van der Waals surface area contributed by atoms with E-state index in [0.717, 1.165) is 46.6 Å². The highest BCUT2D eigenvalue weighted by Gasteiger charge is 2.19. The van der Waals surface area contributed by atoms with Crippen LogP contribution in [0.1, 0.15) is 67.0 Å². The van der Waals surface area contributed by atoms with Crippen LogP contribution in [0.25, 0.3) is 0 Å². The van der Waals surface area contributed by atoms with Crippen LogP contribution in [0.5, 0.6) is 11.5 Å². The Morgan fingerprint density at radius 1 is 0.630 bits per heavy atom. The standard InChI is InChI=1S/2C10H10O2.3CH4/c2*1-12-8-3-4-9-7(6-8)2-5-10(9)11;;;/h2*3-4,6H,2,5H2,1H3;3*1H4. The highest BCUT2D eigenvalue weighted by atomic mass is 16.5. The molecule has 0 fully saturated rings. The van der Waals surface area contributed by atoms with Crippen LogP contribution in [0.4, 0.5) is 0 Å². The molecule has 2 aromatic carbocycles. The Morgan fingerprint density at radius 2 is 1.00 bits per heavy atom. The lowest BCUT2D eigenvalue weighted by atomic mass is 10.1. The summed E-state index contributed by atoms with van der Waals surface area (Å²) in [5.41, 5.74) is 3.99. The van der Waals surface area contributed by atoms with Gasteiger partial charge in [0.05, 0.1) is 14.2 Å². The van der Waals surface area contributed by atoms with Gasteiger partial charge in [0, 0.05) is 24.0 Å². The number of hydrogen-bond acceptors (Lipinski definition) is 4. The van der Waals surface area contributed by atoms with Crippen molar-refractivity contribution in [2.24, 2.45) is 0 Å². The largest absolute Gasteiger partial charge is 0.497 e. The molecule has 2 aromatic rings. The van der Waals surface area contributed by atoms with E-state index in [1.54, 1.807) is 14.2 Å². The van der Waals surface area contributed by atoms with Gasteiger partial charge in [0.2, 0.25) is 0 Å². The zero-order valence-corrected chi connectivity index (χ0v) is 13.9. The summed E-state index contributed by atoms with van der Waals surface area (Å²) in [6, 6.07) is 11.3. The molecule has 0 amide bonds. The number of methoxy groups -OCH3 is 2. The number of carbonyl (C=O) groups excluding carboxylic acids is 2. The number of hydrogen-bond donors (Lipinski definition) is 0. The van der Waals surface area contributed by atoms with Gasteiger partial charge < -0.3 is 9.47 Å². The highest BCUT2D eigenvalue weighted by molar-refractivity contribution is 6.01. The lowest BCUT2D eigenvalue weighted by Crippen LogP contribution is -1.91. The summed E-state index contributed by atoms with van der Waals surface area (Å²) in [7, 11) is 3.27. The van der Waals surface area contributed by atoms with Crippen LogP contribution in [-0.2, 0) is 12.8 Å². The summed E-state index contributed by atoms with van der Waals surface area (Å²) in [5.74, 6) is 2.19. The number of rotatable bonds is 2. The van der Waals surface area contributed by atoms with Crippen molar-refractivity contribution < 1.29 is 19.1 Å². The van der Waals surface area contributed by atoms with E-state index in [9.17, 15) is 9.59 Å².